The zero-order chi connectivity index (χ0) is 41.7. The predicted molar refractivity (Wildman–Crippen MR) is 187 cm³/mol. The first kappa shape index (κ1) is 20.7. The second kappa shape index (κ2) is 14.0. The molecular weight excluding hydrogens is 741 g/mol. The van der Waals surface area contributed by atoms with Crippen molar-refractivity contribution in [1.82, 2.24) is 9.97 Å². The first-order valence-electron chi connectivity index (χ1n) is 20.4. The average molecular weight is 791 g/mol. The third-order valence-corrected chi connectivity index (χ3v) is 6.98. The van der Waals surface area contributed by atoms with E-state index in [2.05, 4.69) is 22.1 Å². The molecule has 0 amide bonds. The topological polar surface area (TPSA) is 38.9 Å². The van der Waals surface area contributed by atoms with Gasteiger partial charge >= 0.3 is 0 Å². The number of benzene rings is 4. The summed E-state index contributed by atoms with van der Waals surface area (Å²) in [6.45, 7) is -2.46. The minimum absolute atomic E-state index is 0. The fourth-order valence-corrected chi connectivity index (χ4v) is 5.01. The molecule has 0 aliphatic carbocycles. The molecule has 4 aromatic carbocycles. The molecule has 0 saturated carbocycles. The van der Waals surface area contributed by atoms with Gasteiger partial charge in [-0.25, -0.2) is 0 Å². The van der Waals surface area contributed by atoms with Gasteiger partial charge in [0.05, 0.1) is 6.95 Å². The van der Waals surface area contributed by atoms with Gasteiger partial charge in [-0.05, 0) is 83.2 Å². The maximum absolute atomic E-state index is 8.89. The van der Waals surface area contributed by atoms with Crippen LogP contribution in [0.25, 0.3) is 55.6 Å². The van der Waals surface area contributed by atoms with Crippen molar-refractivity contribution in [2.45, 2.75) is 47.7 Å². The van der Waals surface area contributed by atoms with Crippen molar-refractivity contribution in [3.05, 3.63) is 144 Å². The van der Waals surface area contributed by atoms with Gasteiger partial charge in [-0.1, -0.05) is 86.3 Å². The van der Waals surface area contributed by atoms with E-state index in [0.717, 1.165) is 22.0 Å². The number of rotatable bonds is 4. The molecule has 0 saturated heterocycles. The molecule has 3 aromatic heterocycles. The van der Waals surface area contributed by atoms with Gasteiger partial charge in [-0.15, -0.1) is 54.1 Å². The smallest absolute Gasteiger partial charge is 0.120 e. The second-order valence-corrected chi connectivity index (χ2v) is 11.6. The Kier molecular flexibility index (Phi) is 6.28. The molecule has 0 aliphatic rings. The number of hydrogen-bond acceptors (Lipinski definition) is 3. The molecular formula is C42H38IrN2O-2. The summed E-state index contributed by atoms with van der Waals surface area (Å²) in [6.07, 6.45) is 0.602. The number of para-hydroxylation sites is 1. The fourth-order valence-electron chi connectivity index (χ4n) is 5.01. The summed E-state index contributed by atoms with van der Waals surface area (Å²) in [5.74, 6) is 0. The number of fused-ring (bicyclic) bond motifs is 3. The second-order valence-electron chi connectivity index (χ2n) is 11.6. The molecule has 7 aromatic rings. The van der Waals surface area contributed by atoms with Crippen LogP contribution >= 0.6 is 0 Å². The van der Waals surface area contributed by atoms with E-state index in [1.54, 1.807) is 45.0 Å². The van der Waals surface area contributed by atoms with Crippen LogP contribution in [-0.4, -0.2) is 9.97 Å². The van der Waals surface area contributed by atoms with Gasteiger partial charge in [0.2, 0.25) is 0 Å². The van der Waals surface area contributed by atoms with Crippen LogP contribution in [0.15, 0.2) is 114 Å². The van der Waals surface area contributed by atoms with Crippen LogP contribution in [0.4, 0.5) is 0 Å². The zero-order valence-electron chi connectivity index (χ0n) is 37.5. The number of pyridine rings is 2. The third kappa shape index (κ3) is 7.36. The molecule has 3 nitrogen and oxygen atoms in total. The van der Waals surface area contributed by atoms with Gasteiger partial charge < -0.3 is 14.4 Å². The summed E-state index contributed by atoms with van der Waals surface area (Å²) in [5.41, 5.74) is 2.26. The summed E-state index contributed by atoms with van der Waals surface area (Å²) in [4.78, 5) is 8.54. The van der Waals surface area contributed by atoms with Crippen molar-refractivity contribution in [2.75, 3.05) is 0 Å². The molecule has 0 bridgehead atoms. The van der Waals surface area contributed by atoms with E-state index in [1.807, 2.05) is 48.5 Å². The van der Waals surface area contributed by atoms with Crippen LogP contribution in [0.2, 0.25) is 0 Å². The number of aryl methyl sites for hydroxylation is 3. The molecule has 7 rings (SSSR count). The minimum Gasteiger partial charge on any atom is -0.501 e. The Bertz CT molecular complexity index is 2550. The van der Waals surface area contributed by atoms with E-state index in [9.17, 15) is 0 Å². The van der Waals surface area contributed by atoms with Crippen molar-refractivity contribution in [1.29, 1.82) is 0 Å². The first-order valence-corrected chi connectivity index (χ1v) is 14.4. The largest absolute Gasteiger partial charge is 0.501 e. The normalized spacial score (nSPS) is 16.2. The van der Waals surface area contributed by atoms with Crippen molar-refractivity contribution in [3.8, 4) is 33.6 Å². The van der Waals surface area contributed by atoms with Crippen LogP contribution in [0, 0.1) is 38.1 Å². The van der Waals surface area contributed by atoms with Gasteiger partial charge in [0, 0.05) is 53.0 Å². The molecule has 0 fully saturated rings. The van der Waals surface area contributed by atoms with Crippen molar-refractivity contribution in [2.24, 2.45) is 5.41 Å². The van der Waals surface area contributed by atoms with Gasteiger partial charge in [0.15, 0.2) is 0 Å². The van der Waals surface area contributed by atoms with Crippen LogP contribution in [0.3, 0.4) is 0 Å². The van der Waals surface area contributed by atoms with Gasteiger partial charge in [-0.3, -0.25) is 0 Å². The molecule has 4 heteroatoms. The van der Waals surface area contributed by atoms with E-state index in [0.29, 0.717) is 22.4 Å². The summed E-state index contributed by atoms with van der Waals surface area (Å²) in [5, 5.41) is 1.70. The van der Waals surface area contributed by atoms with Crippen molar-refractivity contribution in [3.63, 3.8) is 0 Å². The first-order chi connectivity index (χ1) is 26.5. The van der Waals surface area contributed by atoms with E-state index in [4.69, 9.17) is 20.9 Å². The van der Waals surface area contributed by atoms with Gasteiger partial charge in [0.1, 0.15) is 5.58 Å². The maximum atomic E-state index is 8.89. The molecule has 0 spiro atoms. The van der Waals surface area contributed by atoms with Gasteiger partial charge in [0.25, 0.3) is 0 Å². The van der Waals surface area contributed by atoms with Crippen LogP contribution in [0.1, 0.15) is 59.5 Å². The summed E-state index contributed by atoms with van der Waals surface area (Å²) in [6, 6.07) is 31.7. The third-order valence-electron chi connectivity index (χ3n) is 6.98. The summed E-state index contributed by atoms with van der Waals surface area (Å²) in [7, 11) is 0. The molecule has 46 heavy (non-hydrogen) atoms. The zero-order valence-corrected chi connectivity index (χ0v) is 27.8. The average Bonchev–Trinajstić information content (AvgIpc) is 3.52. The standard InChI is InChI=1S/C30H28NO.C12H10N.Ir/c1-19-15-21(17-30(3,4)5)13-14-22(19)26-16-27(31-18-20(26)2)25-11-8-10-24-23-9-6-7-12-28(23)32-29(24)25;1-10-7-8-12(13-9-10)11-5-3-2-4-6-11;/h6-10,12-16,18H,17H2,1-5H3;2-5,7-9H,1H3;/q2*-1;/i1D3,2D3,14D,17D2;1D3;. The monoisotopic (exact) mass is 791 g/mol. The Balaban J connectivity index is 0.000000315. The molecule has 0 N–H and O–H groups in total. The molecule has 3 heterocycles. The Morgan fingerprint density at radius 3 is 2.35 bits per heavy atom. The van der Waals surface area contributed by atoms with E-state index in [-0.39, 0.29) is 59.5 Å². The van der Waals surface area contributed by atoms with Gasteiger partial charge in [-0.2, -0.15) is 0 Å². The maximum Gasteiger partial charge on any atom is 0.120 e. The minimum atomic E-state index is -2.77. The van der Waals surface area contributed by atoms with Crippen LogP contribution < -0.4 is 0 Å². The number of aromatic nitrogens is 2. The van der Waals surface area contributed by atoms with Crippen LogP contribution in [-0.2, 0) is 26.5 Å². The number of furan rings is 1. The molecule has 0 unspecified atom stereocenters. The van der Waals surface area contributed by atoms with E-state index < -0.39 is 32.3 Å². The Labute approximate surface area is 303 Å². The van der Waals surface area contributed by atoms with Crippen molar-refractivity contribution < 1.29 is 41.0 Å². The van der Waals surface area contributed by atoms with Crippen molar-refractivity contribution >= 4 is 21.9 Å². The molecule has 233 valence electrons. The summed E-state index contributed by atoms with van der Waals surface area (Å²) < 4.78 is 103. The quantitative estimate of drug-likeness (QED) is 0.167. The molecule has 0 atom stereocenters. The fraction of sp³-hybridized carbons (Fsp3) is 0.190. The predicted octanol–water partition coefficient (Wildman–Crippen LogP) is 11.2. The molecule has 1 radical (unpaired) electrons. The Hall–Kier alpha value is -4.37. The summed E-state index contributed by atoms with van der Waals surface area (Å²) >= 11 is 0. The van der Waals surface area contributed by atoms with E-state index >= 15 is 0 Å². The van der Waals surface area contributed by atoms with E-state index in [1.165, 1.54) is 30.6 Å². The Morgan fingerprint density at radius 2 is 1.61 bits per heavy atom. The molecule has 0 aliphatic heterocycles. The Morgan fingerprint density at radius 1 is 0.783 bits per heavy atom. The number of hydrogen-bond donors (Lipinski definition) is 0. The number of nitrogens with zero attached hydrogens (tertiary/aromatic N) is 2. The van der Waals surface area contributed by atoms with Crippen LogP contribution in [0.5, 0.6) is 0 Å². The SMILES string of the molecule is [2H]C([2H])([2H])c1ccc(-c2[c-]cccc2)nc1.[2H]c1cc(C([2H])([2H])C(C)(C)C)cc(C([2H])([2H])[2H])c1-c1cc(-c2[c-]ccc3c2oc2ccccc23)ncc1C([2H])([2H])[2H].[Ir].